The molecule has 0 heterocycles. The lowest BCUT2D eigenvalue weighted by Crippen LogP contribution is -1.90. The number of fused-ring (bicyclic) bond motifs is 1. The molecule has 0 saturated heterocycles. The van der Waals surface area contributed by atoms with Crippen LogP contribution < -0.4 is 5.32 Å². The van der Waals surface area contributed by atoms with E-state index in [9.17, 15) is 0 Å². The Morgan fingerprint density at radius 3 is 1.61 bits per heavy atom. The van der Waals surface area contributed by atoms with E-state index in [2.05, 4.69) is 121 Å². The fourth-order valence-corrected chi connectivity index (χ4v) is 3.75. The summed E-state index contributed by atoms with van der Waals surface area (Å²) in [7, 11) is 0. The van der Waals surface area contributed by atoms with Crippen molar-refractivity contribution in [2.45, 2.75) is 13.8 Å². The summed E-state index contributed by atoms with van der Waals surface area (Å²) in [6.07, 6.45) is 0. The second-order valence-corrected chi connectivity index (χ2v) is 7.17. The molecule has 0 aliphatic heterocycles. The third-order valence-corrected chi connectivity index (χ3v) is 5.27. The van der Waals surface area contributed by atoms with Crippen molar-refractivity contribution < 1.29 is 0 Å². The van der Waals surface area contributed by atoms with Gasteiger partial charge < -0.3 is 5.32 Å². The Labute approximate surface area is 185 Å². The van der Waals surface area contributed by atoms with Crippen LogP contribution in [0.4, 0.5) is 11.4 Å². The lowest BCUT2D eigenvalue weighted by molar-refractivity contribution is 1.50. The summed E-state index contributed by atoms with van der Waals surface area (Å²) < 4.78 is 0. The van der Waals surface area contributed by atoms with Crippen LogP contribution in [0.2, 0.25) is 0 Å². The minimum absolute atomic E-state index is 1.08. The molecular weight excluding hydrogens is 374 g/mol. The summed E-state index contributed by atoms with van der Waals surface area (Å²) in [5.41, 5.74) is 7.12. The molecule has 1 N–H and O–H groups in total. The molecule has 0 fully saturated rings. The van der Waals surface area contributed by atoms with Crippen LogP contribution >= 0.6 is 0 Å². The Morgan fingerprint density at radius 1 is 0.419 bits per heavy atom. The molecule has 0 saturated carbocycles. The smallest absolute Gasteiger partial charge is 0.0384 e. The van der Waals surface area contributed by atoms with Crippen LogP contribution in [-0.4, -0.2) is 0 Å². The van der Waals surface area contributed by atoms with Gasteiger partial charge >= 0.3 is 0 Å². The van der Waals surface area contributed by atoms with Crippen molar-refractivity contribution in [1.29, 1.82) is 0 Å². The number of benzene rings is 5. The Bertz CT molecular complexity index is 1230. The van der Waals surface area contributed by atoms with Crippen LogP contribution in [0.15, 0.2) is 121 Å². The molecule has 0 radical (unpaired) electrons. The number of nitrogens with one attached hydrogen (secondary N) is 1. The maximum absolute atomic E-state index is 3.50. The summed E-state index contributed by atoms with van der Waals surface area (Å²) in [5, 5.41) is 6.05. The maximum atomic E-state index is 3.50. The summed E-state index contributed by atoms with van der Waals surface area (Å²) in [6.45, 7) is 4.00. The van der Waals surface area contributed by atoms with Gasteiger partial charge in [-0.1, -0.05) is 111 Å². The maximum Gasteiger partial charge on any atom is 0.0384 e. The first-order valence-corrected chi connectivity index (χ1v) is 10.9. The van der Waals surface area contributed by atoms with Gasteiger partial charge in [0.25, 0.3) is 0 Å². The van der Waals surface area contributed by atoms with Gasteiger partial charge in [0.1, 0.15) is 0 Å². The Balaban J connectivity index is 0.00000112. The largest absolute Gasteiger partial charge is 0.356 e. The summed E-state index contributed by atoms with van der Waals surface area (Å²) in [4.78, 5) is 0. The number of hydrogen-bond donors (Lipinski definition) is 1. The lowest BCUT2D eigenvalue weighted by atomic mass is 9.98. The van der Waals surface area contributed by atoms with Crippen LogP contribution in [0.1, 0.15) is 13.8 Å². The molecule has 152 valence electrons. The highest BCUT2D eigenvalue weighted by Gasteiger charge is 2.04. The standard InChI is InChI=1S/C28H21N.C2H6/c1-2-7-21(8-3-1)22-13-17-25(18-14-22)29-26-19-15-24(16-20-26)28-12-6-10-23-9-4-5-11-27(23)28;1-2/h1-20,29H;1-2H3. The zero-order valence-corrected chi connectivity index (χ0v) is 18.0. The first-order chi connectivity index (χ1) is 15.4. The van der Waals surface area contributed by atoms with Gasteiger partial charge in [0.2, 0.25) is 0 Å². The van der Waals surface area contributed by atoms with Crippen LogP contribution in [0, 0.1) is 0 Å². The molecule has 5 aromatic carbocycles. The van der Waals surface area contributed by atoms with E-state index in [0.717, 1.165) is 11.4 Å². The average Bonchev–Trinajstić information content (AvgIpc) is 2.86. The van der Waals surface area contributed by atoms with E-state index in [0.29, 0.717) is 0 Å². The average molecular weight is 402 g/mol. The van der Waals surface area contributed by atoms with Gasteiger partial charge in [-0.25, -0.2) is 0 Å². The molecule has 0 aromatic heterocycles. The van der Waals surface area contributed by atoms with E-state index in [4.69, 9.17) is 0 Å². The fraction of sp³-hybridized carbons (Fsp3) is 0.0667. The Kier molecular flexibility index (Phi) is 6.44. The molecule has 5 rings (SSSR count). The third kappa shape index (κ3) is 4.67. The quantitative estimate of drug-likeness (QED) is 0.317. The first kappa shape index (κ1) is 20.4. The lowest BCUT2D eigenvalue weighted by Gasteiger charge is -2.10. The predicted molar refractivity (Wildman–Crippen MR) is 136 cm³/mol. The normalized spacial score (nSPS) is 10.3. The van der Waals surface area contributed by atoms with Crippen molar-refractivity contribution >= 4 is 22.1 Å². The van der Waals surface area contributed by atoms with Crippen LogP contribution in [0.5, 0.6) is 0 Å². The molecular formula is C30H27N. The predicted octanol–water partition coefficient (Wildman–Crippen LogP) is 8.94. The van der Waals surface area contributed by atoms with Crippen molar-refractivity contribution in [3.8, 4) is 22.3 Å². The number of anilines is 2. The zero-order chi connectivity index (χ0) is 21.5. The monoisotopic (exact) mass is 401 g/mol. The third-order valence-electron chi connectivity index (χ3n) is 5.27. The molecule has 0 spiro atoms. The molecule has 0 amide bonds. The molecule has 0 bridgehead atoms. The summed E-state index contributed by atoms with van der Waals surface area (Å²) in [5.74, 6) is 0. The van der Waals surface area contributed by atoms with Crippen molar-refractivity contribution in [2.75, 3.05) is 5.32 Å². The van der Waals surface area contributed by atoms with Crippen LogP contribution in [-0.2, 0) is 0 Å². The van der Waals surface area contributed by atoms with E-state index >= 15 is 0 Å². The minimum atomic E-state index is 1.08. The first-order valence-electron chi connectivity index (χ1n) is 10.9. The summed E-state index contributed by atoms with van der Waals surface area (Å²) in [6, 6.07) is 42.7. The number of rotatable bonds is 4. The van der Waals surface area contributed by atoms with Crippen LogP contribution in [0.3, 0.4) is 0 Å². The second kappa shape index (κ2) is 9.77. The van der Waals surface area contributed by atoms with Crippen molar-refractivity contribution in [1.82, 2.24) is 0 Å². The Morgan fingerprint density at radius 2 is 0.935 bits per heavy atom. The second-order valence-electron chi connectivity index (χ2n) is 7.17. The highest BCUT2D eigenvalue weighted by atomic mass is 14.9. The van der Waals surface area contributed by atoms with Gasteiger partial charge in [0, 0.05) is 11.4 Å². The van der Waals surface area contributed by atoms with E-state index in [1.165, 1.54) is 33.0 Å². The molecule has 1 nitrogen and oxygen atoms in total. The zero-order valence-electron chi connectivity index (χ0n) is 18.0. The molecule has 5 aromatic rings. The van der Waals surface area contributed by atoms with Gasteiger partial charge in [-0.05, 0) is 57.3 Å². The number of hydrogen-bond acceptors (Lipinski definition) is 1. The van der Waals surface area contributed by atoms with Crippen LogP contribution in [0.25, 0.3) is 33.0 Å². The van der Waals surface area contributed by atoms with Gasteiger partial charge in [0.05, 0.1) is 0 Å². The molecule has 0 aliphatic carbocycles. The van der Waals surface area contributed by atoms with Gasteiger partial charge in [-0.2, -0.15) is 0 Å². The van der Waals surface area contributed by atoms with Gasteiger partial charge in [-0.3, -0.25) is 0 Å². The molecule has 0 unspecified atom stereocenters. The molecule has 0 aliphatic rings. The van der Waals surface area contributed by atoms with E-state index in [1.807, 2.05) is 19.9 Å². The van der Waals surface area contributed by atoms with Crippen molar-refractivity contribution in [2.24, 2.45) is 0 Å². The van der Waals surface area contributed by atoms with E-state index in [1.54, 1.807) is 0 Å². The minimum Gasteiger partial charge on any atom is -0.356 e. The SMILES string of the molecule is CC.c1ccc(-c2ccc(Nc3ccc(-c4cccc5ccccc45)cc3)cc2)cc1. The highest BCUT2D eigenvalue weighted by Crippen LogP contribution is 2.30. The topological polar surface area (TPSA) is 12.0 Å². The van der Waals surface area contributed by atoms with Crippen molar-refractivity contribution in [3.63, 3.8) is 0 Å². The Hall–Kier alpha value is -3.84. The highest BCUT2D eigenvalue weighted by molar-refractivity contribution is 5.96. The van der Waals surface area contributed by atoms with Gasteiger partial charge in [0.15, 0.2) is 0 Å². The fourth-order valence-electron chi connectivity index (χ4n) is 3.75. The van der Waals surface area contributed by atoms with Crippen molar-refractivity contribution in [3.05, 3.63) is 121 Å². The van der Waals surface area contributed by atoms with E-state index < -0.39 is 0 Å². The molecule has 1 heteroatoms. The van der Waals surface area contributed by atoms with Gasteiger partial charge in [-0.15, -0.1) is 0 Å². The van der Waals surface area contributed by atoms with E-state index in [-0.39, 0.29) is 0 Å². The summed E-state index contributed by atoms with van der Waals surface area (Å²) >= 11 is 0. The molecule has 31 heavy (non-hydrogen) atoms. The molecule has 0 atom stereocenters.